The maximum absolute atomic E-state index is 11.9. The first kappa shape index (κ1) is 15.3. The summed E-state index contributed by atoms with van der Waals surface area (Å²) in [6.45, 7) is 4.99. The largest absolute Gasteiger partial charge is 0.462 e. The number of aromatic nitrogens is 1. The molecule has 1 aromatic rings. The molecule has 20 heavy (non-hydrogen) atoms. The number of carbonyl (C=O) groups excluding carboxylic acids is 1. The Bertz CT molecular complexity index is 439. The summed E-state index contributed by atoms with van der Waals surface area (Å²) in [7, 11) is 0. The number of aryl methyl sites for hydroxylation is 1. The molecule has 1 aliphatic carbocycles. The number of nitrogens with zero attached hydrogens (tertiary/aromatic N) is 1. The van der Waals surface area contributed by atoms with Gasteiger partial charge in [-0.15, -0.1) is 0 Å². The van der Waals surface area contributed by atoms with Crippen LogP contribution in [-0.2, 0) is 4.74 Å². The Hall–Kier alpha value is -1.10. The first-order valence-electron chi connectivity index (χ1n) is 7.59. The smallest absolute Gasteiger partial charge is 0.343 e. The number of hydrogen-bond donors (Lipinski definition) is 1. The summed E-state index contributed by atoms with van der Waals surface area (Å²) in [5.74, 6) is 0.579. The van der Waals surface area contributed by atoms with E-state index in [4.69, 9.17) is 4.74 Å². The van der Waals surface area contributed by atoms with E-state index in [2.05, 4.69) is 9.69 Å². The molecule has 1 heterocycles. The van der Waals surface area contributed by atoms with E-state index >= 15 is 0 Å². The summed E-state index contributed by atoms with van der Waals surface area (Å²) in [6, 6.07) is 0. The van der Waals surface area contributed by atoms with E-state index in [1.165, 1.54) is 50.1 Å². The van der Waals surface area contributed by atoms with Crippen molar-refractivity contribution in [3.05, 3.63) is 11.3 Å². The molecule has 112 valence electrons. The third kappa shape index (κ3) is 3.95. The Balaban J connectivity index is 1.87. The fourth-order valence-corrected chi connectivity index (χ4v) is 3.61. The lowest BCUT2D eigenvalue weighted by Crippen LogP contribution is -2.13. The number of nitrogens with one attached hydrogen (secondary N) is 1. The minimum absolute atomic E-state index is 0.265. The van der Waals surface area contributed by atoms with Gasteiger partial charge in [-0.05, 0) is 37.7 Å². The summed E-state index contributed by atoms with van der Waals surface area (Å²) in [5.41, 5.74) is 1.37. The summed E-state index contributed by atoms with van der Waals surface area (Å²) in [5, 5.41) is 4.23. The fourth-order valence-electron chi connectivity index (χ4n) is 2.80. The molecule has 1 saturated carbocycles. The third-order valence-electron chi connectivity index (χ3n) is 3.91. The highest BCUT2D eigenvalue weighted by molar-refractivity contribution is 7.10. The van der Waals surface area contributed by atoms with Crippen LogP contribution >= 0.6 is 11.5 Å². The molecule has 2 rings (SSSR count). The maximum Gasteiger partial charge on any atom is 0.343 e. The van der Waals surface area contributed by atoms with Crippen LogP contribution in [0.1, 0.15) is 61.5 Å². The highest BCUT2D eigenvalue weighted by atomic mass is 32.1. The molecule has 0 aromatic carbocycles. The Morgan fingerprint density at radius 3 is 2.85 bits per heavy atom. The molecule has 1 aliphatic rings. The normalized spacial score (nSPS) is 16.1. The van der Waals surface area contributed by atoms with E-state index in [1.807, 2.05) is 13.8 Å². The number of rotatable bonds is 6. The Labute approximate surface area is 125 Å². The molecule has 0 saturated heterocycles. The van der Waals surface area contributed by atoms with Crippen molar-refractivity contribution in [1.29, 1.82) is 0 Å². The lowest BCUT2D eigenvalue weighted by Gasteiger charge is -2.21. The van der Waals surface area contributed by atoms with Gasteiger partial charge in [0.15, 0.2) is 0 Å². The van der Waals surface area contributed by atoms with Crippen LogP contribution in [0.25, 0.3) is 0 Å². The molecule has 0 unspecified atom stereocenters. The van der Waals surface area contributed by atoms with Crippen molar-refractivity contribution >= 4 is 22.5 Å². The van der Waals surface area contributed by atoms with Crippen molar-refractivity contribution in [1.82, 2.24) is 4.37 Å². The summed E-state index contributed by atoms with van der Waals surface area (Å²) < 4.78 is 9.36. The van der Waals surface area contributed by atoms with E-state index in [1.54, 1.807) is 0 Å². The highest BCUT2D eigenvalue weighted by Gasteiger charge is 2.20. The first-order valence-corrected chi connectivity index (χ1v) is 8.37. The minimum Gasteiger partial charge on any atom is -0.462 e. The topological polar surface area (TPSA) is 51.2 Å². The third-order valence-corrected chi connectivity index (χ3v) is 4.80. The molecule has 0 spiro atoms. The molecular weight excluding hydrogens is 272 g/mol. The van der Waals surface area contributed by atoms with Crippen molar-refractivity contribution in [3.8, 4) is 0 Å². The summed E-state index contributed by atoms with van der Waals surface area (Å²) in [6.07, 6.45) is 8.03. The average Bonchev–Trinajstić information content (AvgIpc) is 2.81. The zero-order chi connectivity index (χ0) is 14.4. The van der Waals surface area contributed by atoms with Gasteiger partial charge in [0.05, 0.1) is 12.3 Å². The van der Waals surface area contributed by atoms with Gasteiger partial charge in [-0.25, -0.2) is 4.79 Å². The van der Waals surface area contributed by atoms with E-state index in [-0.39, 0.29) is 5.97 Å². The first-order chi connectivity index (χ1) is 9.72. The second-order valence-corrected chi connectivity index (χ2v) is 6.19. The van der Waals surface area contributed by atoms with Gasteiger partial charge < -0.3 is 10.1 Å². The van der Waals surface area contributed by atoms with Gasteiger partial charge in [0, 0.05) is 6.54 Å². The van der Waals surface area contributed by atoms with Gasteiger partial charge in [-0.1, -0.05) is 32.1 Å². The molecule has 0 atom stereocenters. The predicted molar refractivity (Wildman–Crippen MR) is 82.5 cm³/mol. The van der Waals surface area contributed by atoms with Crippen LogP contribution in [0.3, 0.4) is 0 Å². The van der Waals surface area contributed by atoms with E-state index in [0.717, 1.165) is 23.2 Å². The molecule has 0 amide bonds. The summed E-state index contributed by atoms with van der Waals surface area (Å²) >= 11 is 1.36. The predicted octanol–water partition coefficient (Wildman–Crippen LogP) is 4.01. The zero-order valence-electron chi connectivity index (χ0n) is 12.4. The second-order valence-electron chi connectivity index (χ2n) is 5.41. The Morgan fingerprint density at radius 1 is 1.40 bits per heavy atom. The monoisotopic (exact) mass is 296 g/mol. The van der Waals surface area contributed by atoms with Crippen LogP contribution in [0.15, 0.2) is 0 Å². The van der Waals surface area contributed by atoms with Crippen LogP contribution in [0.4, 0.5) is 5.00 Å². The number of esters is 1. The second kappa shape index (κ2) is 7.62. The molecular formula is C15H24N2O2S. The molecule has 4 nitrogen and oxygen atoms in total. The number of anilines is 1. The van der Waals surface area contributed by atoms with E-state index in [9.17, 15) is 4.79 Å². The molecule has 0 radical (unpaired) electrons. The quantitative estimate of drug-likeness (QED) is 0.806. The molecule has 1 fully saturated rings. The average molecular weight is 296 g/mol. The zero-order valence-corrected chi connectivity index (χ0v) is 13.2. The summed E-state index contributed by atoms with van der Waals surface area (Å²) in [4.78, 5) is 11.9. The minimum atomic E-state index is -0.265. The lowest BCUT2D eigenvalue weighted by atomic mass is 9.87. The van der Waals surface area contributed by atoms with E-state index < -0.39 is 0 Å². The highest BCUT2D eigenvalue weighted by Crippen LogP contribution is 2.28. The van der Waals surface area contributed by atoms with Crippen molar-refractivity contribution in [2.45, 2.75) is 52.4 Å². The number of ether oxygens (including phenoxy) is 1. The van der Waals surface area contributed by atoms with Gasteiger partial charge in [0.1, 0.15) is 10.6 Å². The van der Waals surface area contributed by atoms with Gasteiger partial charge >= 0.3 is 5.97 Å². The molecule has 1 aromatic heterocycles. The van der Waals surface area contributed by atoms with Crippen LogP contribution < -0.4 is 5.32 Å². The standard InChI is InChI=1S/C15H24N2O2S/c1-3-19-15(18)13-11(2)17-20-14(13)16-10-9-12-7-5-4-6-8-12/h12,16H,3-10H2,1-2H3. The van der Waals surface area contributed by atoms with Gasteiger partial charge in [-0.2, -0.15) is 4.37 Å². The van der Waals surface area contributed by atoms with Crippen molar-refractivity contribution in [3.63, 3.8) is 0 Å². The molecule has 1 N–H and O–H groups in total. The maximum atomic E-state index is 11.9. The van der Waals surface area contributed by atoms with Gasteiger partial charge in [0.25, 0.3) is 0 Å². The van der Waals surface area contributed by atoms with Crippen LogP contribution in [0.5, 0.6) is 0 Å². The SMILES string of the molecule is CCOC(=O)c1c(C)nsc1NCCC1CCCCC1. The van der Waals surface area contributed by atoms with Gasteiger partial charge in [0.2, 0.25) is 0 Å². The number of hydrogen-bond acceptors (Lipinski definition) is 5. The van der Waals surface area contributed by atoms with Crippen LogP contribution in [0.2, 0.25) is 0 Å². The van der Waals surface area contributed by atoms with Crippen molar-refractivity contribution < 1.29 is 9.53 Å². The number of carbonyl (C=O) groups is 1. The molecule has 0 bridgehead atoms. The Kier molecular flexibility index (Phi) is 5.83. The van der Waals surface area contributed by atoms with Crippen molar-refractivity contribution in [2.24, 2.45) is 5.92 Å². The lowest BCUT2D eigenvalue weighted by molar-refractivity contribution is 0.0527. The van der Waals surface area contributed by atoms with Crippen LogP contribution in [0, 0.1) is 12.8 Å². The van der Waals surface area contributed by atoms with Gasteiger partial charge in [-0.3, -0.25) is 0 Å². The van der Waals surface area contributed by atoms with Crippen molar-refractivity contribution in [2.75, 3.05) is 18.5 Å². The van der Waals surface area contributed by atoms with E-state index in [0.29, 0.717) is 12.2 Å². The molecule has 5 heteroatoms. The van der Waals surface area contributed by atoms with Crippen LogP contribution in [-0.4, -0.2) is 23.5 Å². The fraction of sp³-hybridized carbons (Fsp3) is 0.733. The molecule has 0 aliphatic heterocycles. The Morgan fingerprint density at radius 2 is 2.15 bits per heavy atom.